The zero-order chi connectivity index (χ0) is 15.5. The predicted molar refractivity (Wildman–Crippen MR) is 82.7 cm³/mol. The van der Waals surface area contributed by atoms with Gasteiger partial charge in [-0.05, 0) is 29.4 Å². The highest BCUT2D eigenvalue weighted by atomic mass is 35.5. The van der Waals surface area contributed by atoms with Gasteiger partial charge in [0.25, 0.3) is 0 Å². The molecule has 0 amide bonds. The number of hydrogen-bond acceptors (Lipinski definition) is 4. The van der Waals surface area contributed by atoms with E-state index in [0.29, 0.717) is 16.3 Å². The van der Waals surface area contributed by atoms with Gasteiger partial charge >= 0.3 is 0 Å². The van der Waals surface area contributed by atoms with E-state index >= 15 is 0 Å². The van der Waals surface area contributed by atoms with Crippen LogP contribution in [0.1, 0.15) is 37.8 Å². The van der Waals surface area contributed by atoms with Gasteiger partial charge in [-0.3, -0.25) is 4.99 Å². The van der Waals surface area contributed by atoms with Crippen LogP contribution >= 0.6 is 11.6 Å². The molecule has 0 atom stereocenters. The molecule has 1 aromatic carbocycles. The maximum atomic E-state index is 10.9. The molecule has 1 heterocycles. The van der Waals surface area contributed by atoms with Crippen LogP contribution < -0.4 is 0 Å². The van der Waals surface area contributed by atoms with Gasteiger partial charge in [0, 0.05) is 22.1 Å². The van der Waals surface area contributed by atoms with Crippen molar-refractivity contribution in [1.29, 1.82) is 0 Å². The summed E-state index contributed by atoms with van der Waals surface area (Å²) in [5, 5.41) is 7.50. The lowest BCUT2D eigenvalue weighted by atomic mass is 9.93. The third-order valence-corrected chi connectivity index (χ3v) is 3.13. The van der Waals surface area contributed by atoms with Gasteiger partial charge in [0.1, 0.15) is 11.5 Å². The van der Waals surface area contributed by atoms with Crippen LogP contribution in [0.25, 0.3) is 0 Å². The van der Waals surface area contributed by atoms with Crippen molar-refractivity contribution in [2.75, 3.05) is 0 Å². The summed E-state index contributed by atoms with van der Waals surface area (Å²) < 4.78 is 5.27. The first-order valence-electron chi connectivity index (χ1n) is 6.50. The predicted octanol–water partition coefficient (Wildman–Crippen LogP) is 4.34. The van der Waals surface area contributed by atoms with Crippen LogP contribution in [0.2, 0.25) is 5.02 Å². The monoisotopic (exact) mass is 305 g/mol. The summed E-state index contributed by atoms with van der Waals surface area (Å²) in [7, 11) is 0. The minimum Gasteiger partial charge on any atom is -0.361 e. The van der Waals surface area contributed by atoms with Gasteiger partial charge in [0.05, 0.1) is 6.54 Å². The number of aromatic nitrogens is 1. The number of rotatable bonds is 3. The van der Waals surface area contributed by atoms with Crippen molar-refractivity contribution >= 4 is 17.4 Å². The van der Waals surface area contributed by atoms with E-state index in [1.165, 1.54) is 0 Å². The molecule has 0 aliphatic carbocycles. The molecule has 0 radical (unpaired) electrons. The molecule has 0 spiro atoms. The van der Waals surface area contributed by atoms with Crippen molar-refractivity contribution in [3.8, 4) is 0 Å². The largest absolute Gasteiger partial charge is 0.361 e. The number of amidine groups is 1. The molecule has 0 bridgehead atoms. The molecule has 0 aliphatic heterocycles. The maximum Gasteiger partial charge on any atom is 0.199 e. The van der Waals surface area contributed by atoms with Crippen molar-refractivity contribution < 1.29 is 4.52 Å². The smallest absolute Gasteiger partial charge is 0.199 e. The Hall–Kier alpha value is -2.01. The zero-order valence-electron chi connectivity index (χ0n) is 12.1. The molecule has 1 aromatic heterocycles. The summed E-state index contributed by atoms with van der Waals surface area (Å²) in [4.78, 5) is 15.1. The molecule has 0 unspecified atom stereocenters. The van der Waals surface area contributed by atoms with Gasteiger partial charge in [-0.25, -0.2) is 0 Å². The van der Waals surface area contributed by atoms with E-state index in [1.807, 2.05) is 26.8 Å². The van der Waals surface area contributed by atoms with E-state index in [4.69, 9.17) is 16.1 Å². The average Bonchev–Trinajstić information content (AvgIpc) is 2.90. The van der Waals surface area contributed by atoms with Gasteiger partial charge < -0.3 is 4.52 Å². The van der Waals surface area contributed by atoms with Crippen LogP contribution in [-0.2, 0) is 12.0 Å². The molecule has 0 fully saturated rings. The van der Waals surface area contributed by atoms with Gasteiger partial charge in [-0.1, -0.05) is 37.5 Å². The van der Waals surface area contributed by atoms with E-state index < -0.39 is 0 Å². The Morgan fingerprint density at radius 1 is 1.29 bits per heavy atom. The normalized spacial score (nSPS) is 12.5. The maximum absolute atomic E-state index is 10.9. The van der Waals surface area contributed by atoms with Gasteiger partial charge in [-0.15, -0.1) is 4.91 Å². The minimum absolute atomic E-state index is 0.114. The third kappa shape index (κ3) is 3.98. The Balaban J connectivity index is 2.16. The zero-order valence-corrected chi connectivity index (χ0v) is 12.9. The van der Waals surface area contributed by atoms with Crippen LogP contribution in [-0.4, -0.2) is 11.0 Å². The molecule has 5 nitrogen and oxygen atoms in total. The highest BCUT2D eigenvalue weighted by Crippen LogP contribution is 2.23. The summed E-state index contributed by atoms with van der Waals surface area (Å²) in [6, 6.07) is 8.61. The Morgan fingerprint density at radius 3 is 2.48 bits per heavy atom. The summed E-state index contributed by atoms with van der Waals surface area (Å²) in [6.07, 6.45) is 0. The molecule has 0 N–H and O–H groups in total. The van der Waals surface area contributed by atoms with E-state index in [9.17, 15) is 4.91 Å². The molecule has 21 heavy (non-hydrogen) atoms. The summed E-state index contributed by atoms with van der Waals surface area (Å²) in [6.45, 7) is 6.34. The molecular weight excluding hydrogens is 290 g/mol. The van der Waals surface area contributed by atoms with Crippen LogP contribution in [0.4, 0.5) is 0 Å². The molecule has 0 aliphatic rings. The summed E-state index contributed by atoms with van der Waals surface area (Å²) in [5.74, 6) is 0.895. The number of aliphatic imine (C=N–C) groups is 1. The van der Waals surface area contributed by atoms with E-state index in [0.717, 1.165) is 5.76 Å². The molecule has 0 saturated carbocycles. The molecule has 2 aromatic rings. The fourth-order valence-electron chi connectivity index (χ4n) is 1.67. The lowest BCUT2D eigenvalue weighted by Gasteiger charge is -2.12. The van der Waals surface area contributed by atoms with Crippen LogP contribution in [0, 0.1) is 4.91 Å². The lowest BCUT2D eigenvalue weighted by molar-refractivity contribution is 0.326. The van der Waals surface area contributed by atoms with Crippen molar-refractivity contribution in [2.45, 2.75) is 32.7 Å². The minimum atomic E-state index is -0.114. The van der Waals surface area contributed by atoms with Crippen LogP contribution in [0.5, 0.6) is 0 Å². The first-order chi connectivity index (χ1) is 9.90. The average molecular weight is 306 g/mol. The first-order valence-corrected chi connectivity index (χ1v) is 6.88. The Labute approximate surface area is 128 Å². The fourth-order valence-corrected chi connectivity index (χ4v) is 1.79. The summed E-state index contributed by atoms with van der Waals surface area (Å²) >= 11 is 5.81. The second kappa shape index (κ2) is 6.18. The molecule has 0 saturated heterocycles. The molecular formula is C15H16ClN3O2. The van der Waals surface area contributed by atoms with Crippen LogP contribution in [0.3, 0.4) is 0 Å². The Kier molecular flexibility index (Phi) is 4.53. The highest BCUT2D eigenvalue weighted by Gasteiger charge is 2.19. The van der Waals surface area contributed by atoms with Crippen LogP contribution in [0.15, 0.2) is 45.0 Å². The highest BCUT2D eigenvalue weighted by molar-refractivity contribution is 6.30. The Morgan fingerprint density at radius 2 is 1.95 bits per heavy atom. The number of hydrogen-bond donors (Lipinski definition) is 0. The van der Waals surface area contributed by atoms with Gasteiger partial charge in [-0.2, -0.15) is 0 Å². The second-order valence-corrected chi connectivity index (χ2v) is 6.11. The first kappa shape index (κ1) is 15.4. The summed E-state index contributed by atoms with van der Waals surface area (Å²) in [5.41, 5.74) is 1.17. The quantitative estimate of drug-likeness (QED) is 0.481. The second-order valence-electron chi connectivity index (χ2n) is 5.67. The van der Waals surface area contributed by atoms with Crippen molar-refractivity contribution in [3.05, 3.63) is 57.3 Å². The van der Waals surface area contributed by atoms with Crippen molar-refractivity contribution in [1.82, 2.24) is 5.16 Å². The fraction of sp³-hybridized carbons (Fsp3) is 0.333. The number of nitrogens with zero attached hydrogens (tertiary/aromatic N) is 3. The van der Waals surface area contributed by atoms with Gasteiger partial charge in [0.2, 0.25) is 0 Å². The number of halogens is 1. The lowest BCUT2D eigenvalue weighted by Crippen LogP contribution is -2.09. The molecule has 6 heteroatoms. The standard InChI is InChI=1S/C15H16ClN3O2/c1-15(2,3)13-8-12(19-21-13)9-17-14(18-20)10-4-6-11(16)7-5-10/h4-8H,9H2,1-3H3. The number of benzene rings is 1. The third-order valence-electron chi connectivity index (χ3n) is 2.88. The molecule has 110 valence electrons. The molecule has 2 rings (SSSR count). The number of nitroso groups, excluding NO2 is 1. The van der Waals surface area contributed by atoms with Crippen molar-refractivity contribution in [3.63, 3.8) is 0 Å². The van der Waals surface area contributed by atoms with E-state index in [-0.39, 0.29) is 17.8 Å². The van der Waals surface area contributed by atoms with E-state index in [2.05, 4.69) is 15.3 Å². The SMILES string of the molecule is CC(C)(C)c1cc(CN=C(N=O)c2ccc(Cl)cc2)no1. The van der Waals surface area contributed by atoms with Crippen molar-refractivity contribution in [2.24, 2.45) is 10.2 Å². The van der Waals surface area contributed by atoms with E-state index in [1.54, 1.807) is 24.3 Å². The van der Waals surface area contributed by atoms with Gasteiger partial charge in [0.15, 0.2) is 5.84 Å². The topological polar surface area (TPSA) is 67.8 Å². The Bertz CT molecular complexity index is 654.